The first-order valence-electron chi connectivity index (χ1n) is 9.80. The van der Waals surface area contributed by atoms with Crippen molar-refractivity contribution < 1.29 is 23.0 Å². The van der Waals surface area contributed by atoms with E-state index in [0.29, 0.717) is 12.5 Å². The topological polar surface area (TPSA) is 93.0 Å². The van der Waals surface area contributed by atoms with Gasteiger partial charge in [-0.25, -0.2) is 9.78 Å². The maximum Gasteiger partial charge on any atom is 0.412 e. The molecular weight excluding hydrogens is 525 g/mol. The van der Waals surface area contributed by atoms with Crippen LogP contribution in [0.4, 0.5) is 13.6 Å². The van der Waals surface area contributed by atoms with Gasteiger partial charge in [0.2, 0.25) is 0 Å². The van der Waals surface area contributed by atoms with E-state index in [2.05, 4.69) is 20.6 Å². The maximum absolute atomic E-state index is 13.0. The maximum atomic E-state index is 13.0. The Kier molecular flexibility index (Phi) is 9.48. The second-order valence-corrected chi connectivity index (χ2v) is 8.52. The van der Waals surface area contributed by atoms with Crippen LogP contribution in [0, 0.1) is 0 Å². The summed E-state index contributed by atoms with van der Waals surface area (Å²) in [6, 6.07) is -0.323. The van der Waals surface area contributed by atoms with Gasteiger partial charge in [0.05, 0.1) is 18.7 Å². The van der Waals surface area contributed by atoms with Crippen LogP contribution in [-0.2, 0) is 16.0 Å². The van der Waals surface area contributed by atoms with Gasteiger partial charge in [0, 0.05) is 26.0 Å². The van der Waals surface area contributed by atoms with Crippen LogP contribution in [0.2, 0.25) is 0 Å². The number of amides is 1. The molecule has 1 aliphatic rings. The monoisotopic (exact) mass is 558 g/mol. The average Bonchev–Trinajstić information content (AvgIpc) is 3.15. The molecule has 1 aromatic heterocycles. The summed E-state index contributed by atoms with van der Waals surface area (Å²) >= 11 is 0. The highest BCUT2D eigenvalue weighted by molar-refractivity contribution is 14.0. The molecule has 2 rings (SSSR count). The molecule has 2 N–H and O–H groups in total. The van der Waals surface area contributed by atoms with Crippen LogP contribution < -0.4 is 10.6 Å². The molecule has 9 nitrogen and oxygen atoms in total. The average molecular weight is 558 g/mol. The fourth-order valence-corrected chi connectivity index (χ4v) is 3.37. The molecule has 31 heavy (non-hydrogen) atoms. The summed E-state index contributed by atoms with van der Waals surface area (Å²) in [4.78, 5) is 22.4. The van der Waals surface area contributed by atoms with E-state index in [0.717, 1.165) is 4.57 Å². The van der Waals surface area contributed by atoms with Crippen molar-refractivity contribution in [3.05, 3.63) is 18.2 Å². The van der Waals surface area contributed by atoms with Crippen LogP contribution >= 0.6 is 24.0 Å². The van der Waals surface area contributed by atoms with Gasteiger partial charge in [0.1, 0.15) is 17.2 Å². The van der Waals surface area contributed by atoms with Crippen molar-refractivity contribution in [2.24, 2.45) is 4.99 Å². The van der Waals surface area contributed by atoms with Gasteiger partial charge >= 0.3 is 12.6 Å². The molecule has 1 amide bonds. The number of rotatable bonds is 5. The number of carbonyl (C=O) groups excluding carboxylic acids is 1. The minimum Gasteiger partial charge on any atom is -0.444 e. The Morgan fingerprint density at radius 1 is 1.39 bits per heavy atom. The minimum atomic E-state index is -2.67. The highest BCUT2D eigenvalue weighted by atomic mass is 127. The lowest BCUT2D eigenvalue weighted by atomic mass is 10.1. The molecule has 2 atom stereocenters. The van der Waals surface area contributed by atoms with Gasteiger partial charge in [-0.3, -0.25) is 14.5 Å². The molecule has 1 aliphatic heterocycles. The number of imidazole rings is 1. The first-order chi connectivity index (χ1) is 13.9. The van der Waals surface area contributed by atoms with Crippen molar-refractivity contribution in [2.75, 3.05) is 13.6 Å². The molecular formula is C19H33F2IN6O3. The van der Waals surface area contributed by atoms with E-state index in [1.165, 1.54) is 12.4 Å². The highest BCUT2D eigenvalue weighted by Gasteiger charge is 2.49. The van der Waals surface area contributed by atoms with Crippen molar-refractivity contribution in [3.8, 4) is 0 Å². The Bertz CT molecular complexity index is 766. The van der Waals surface area contributed by atoms with E-state index < -0.39 is 24.0 Å². The van der Waals surface area contributed by atoms with Crippen molar-refractivity contribution >= 4 is 36.0 Å². The number of aliphatic imine (C=N–C) groups is 1. The molecule has 178 valence electrons. The number of hydrogen-bond acceptors (Lipinski definition) is 5. The van der Waals surface area contributed by atoms with E-state index in [1.54, 1.807) is 32.7 Å². The van der Waals surface area contributed by atoms with Gasteiger partial charge in [-0.15, -0.1) is 24.0 Å². The normalized spacial score (nSPS) is 21.1. The van der Waals surface area contributed by atoms with E-state index >= 15 is 0 Å². The molecule has 0 radical (unpaired) electrons. The largest absolute Gasteiger partial charge is 0.444 e. The fraction of sp³-hybridized carbons (Fsp3) is 0.737. The molecule has 0 aromatic carbocycles. The quantitative estimate of drug-likeness (QED) is 0.328. The van der Waals surface area contributed by atoms with Crippen molar-refractivity contribution in [1.29, 1.82) is 0 Å². The van der Waals surface area contributed by atoms with E-state index in [-0.39, 0.29) is 48.5 Å². The number of nitrogens with one attached hydrogen (secondary N) is 2. The molecule has 0 spiro atoms. The molecule has 12 heteroatoms. The predicted octanol–water partition coefficient (Wildman–Crippen LogP) is 3.32. The number of guanidine groups is 1. The van der Waals surface area contributed by atoms with Crippen LogP contribution in [0.25, 0.3) is 0 Å². The van der Waals surface area contributed by atoms with Gasteiger partial charge in [0.25, 0.3) is 0 Å². The fourth-order valence-electron chi connectivity index (χ4n) is 3.37. The lowest BCUT2D eigenvalue weighted by molar-refractivity contribution is -0.0755. The number of ether oxygens (including phenoxy) is 2. The molecule has 2 unspecified atom stereocenters. The minimum absolute atomic E-state index is 0. The summed E-state index contributed by atoms with van der Waals surface area (Å²) in [5, 5.41) is 6.08. The number of nitrogens with zero attached hydrogens (tertiary/aromatic N) is 4. The van der Waals surface area contributed by atoms with Crippen molar-refractivity contribution in [1.82, 2.24) is 25.1 Å². The van der Waals surface area contributed by atoms with Crippen LogP contribution in [0.3, 0.4) is 0 Å². The zero-order valence-corrected chi connectivity index (χ0v) is 21.3. The first kappa shape index (κ1) is 27.3. The van der Waals surface area contributed by atoms with Crippen LogP contribution in [0.5, 0.6) is 0 Å². The van der Waals surface area contributed by atoms with E-state index in [4.69, 9.17) is 9.47 Å². The van der Waals surface area contributed by atoms with Crippen LogP contribution in [0.15, 0.2) is 17.4 Å². The van der Waals surface area contributed by atoms with Gasteiger partial charge in [0.15, 0.2) is 5.96 Å². The smallest absolute Gasteiger partial charge is 0.412 e. The molecule has 0 aliphatic carbocycles. The SMILES string of the molecule is CN=C(NCc1nccn1C(F)F)NCC1C(C)OC(C)(C)N1C(=O)OC(C)(C)C.I. The summed E-state index contributed by atoms with van der Waals surface area (Å²) in [5.41, 5.74) is -1.48. The van der Waals surface area contributed by atoms with Crippen LogP contribution in [0.1, 0.15) is 53.9 Å². The summed E-state index contributed by atoms with van der Waals surface area (Å²) < 4.78 is 38.2. The number of alkyl halides is 2. The second-order valence-electron chi connectivity index (χ2n) is 8.52. The molecule has 2 heterocycles. The number of aromatic nitrogens is 2. The van der Waals surface area contributed by atoms with Gasteiger partial charge in [-0.1, -0.05) is 0 Å². The number of halogens is 3. The summed E-state index contributed by atoms with van der Waals surface area (Å²) in [6.07, 6.45) is 1.81. The Hall–Kier alpha value is -1.70. The summed E-state index contributed by atoms with van der Waals surface area (Å²) in [6.45, 7) is 8.65. The van der Waals surface area contributed by atoms with E-state index in [9.17, 15) is 13.6 Å². The molecule has 1 saturated heterocycles. The Morgan fingerprint density at radius 3 is 2.58 bits per heavy atom. The number of carbonyl (C=O) groups is 1. The van der Waals surface area contributed by atoms with Gasteiger partial charge < -0.3 is 20.1 Å². The molecule has 0 saturated carbocycles. The third-order valence-electron chi connectivity index (χ3n) is 4.59. The van der Waals surface area contributed by atoms with Crippen molar-refractivity contribution in [3.63, 3.8) is 0 Å². The van der Waals surface area contributed by atoms with Crippen LogP contribution in [-0.4, -0.2) is 63.6 Å². The second kappa shape index (κ2) is 10.7. The standard InChI is InChI=1S/C19H32F2N6O3.HI/c1-12-13(27(19(5,6)29-12)17(28)30-18(2,3)4)10-24-16(22-7)25-11-14-23-8-9-26(14)15(20)21;/h8-9,12-13,15H,10-11H2,1-7H3,(H2,22,24,25);1H. The van der Waals surface area contributed by atoms with Gasteiger partial charge in [-0.05, 0) is 41.5 Å². The lowest BCUT2D eigenvalue weighted by Crippen LogP contribution is -2.54. The zero-order chi connectivity index (χ0) is 22.7. The third kappa shape index (κ3) is 7.16. The summed E-state index contributed by atoms with van der Waals surface area (Å²) in [5.74, 6) is 0.571. The summed E-state index contributed by atoms with van der Waals surface area (Å²) in [7, 11) is 1.57. The molecule has 1 fully saturated rings. The van der Waals surface area contributed by atoms with Gasteiger partial charge in [-0.2, -0.15) is 8.78 Å². The van der Waals surface area contributed by atoms with E-state index in [1.807, 2.05) is 20.8 Å². The first-order valence-corrected chi connectivity index (χ1v) is 9.80. The lowest BCUT2D eigenvalue weighted by Gasteiger charge is -2.35. The molecule has 1 aromatic rings. The Morgan fingerprint density at radius 2 is 2.03 bits per heavy atom. The Balaban J connectivity index is 0.00000480. The third-order valence-corrected chi connectivity index (χ3v) is 4.59. The number of hydrogen-bond donors (Lipinski definition) is 2. The highest BCUT2D eigenvalue weighted by Crippen LogP contribution is 2.33. The Labute approximate surface area is 199 Å². The zero-order valence-electron chi connectivity index (χ0n) is 19.0. The molecule has 0 bridgehead atoms. The van der Waals surface area contributed by atoms with Crippen molar-refractivity contribution in [2.45, 2.75) is 78.1 Å². The predicted molar refractivity (Wildman–Crippen MR) is 124 cm³/mol.